The van der Waals surface area contributed by atoms with Gasteiger partial charge in [0.2, 0.25) is 0 Å². The lowest BCUT2D eigenvalue weighted by molar-refractivity contribution is 0.223. The first-order valence-electron chi connectivity index (χ1n) is 9.16. The predicted molar refractivity (Wildman–Crippen MR) is 103 cm³/mol. The molecule has 0 radical (unpaired) electrons. The molecule has 1 aromatic carbocycles. The van der Waals surface area contributed by atoms with Crippen LogP contribution in [0.15, 0.2) is 42.7 Å². The minimum absolute atomic E-state index is 0.575. The summed E-state index contributed by atoms with van der Waals surface area (Å²) < 4.78 is 2.43. The maximum absolute atomic E-state index is 4.22. The zero-order valence-corrected chi connectivity index (χ0v) is 14.8. The lowest BCUT2D eigenvalue weighted by Crippen LogP contribution is -2.34. The SMILES string of the molecule is Cc1ccc2c(c1)c1c(n2/C=C/c2cccnc2)C[C@@H]2CC[C@H]1N2C. The fraction of sp³-hybridized carbons (Fsp3) is 0.318. The van der Waals surface area contributed by atoms with Crippen LogP contribution in [0.1, 0.15) is 41.3 Å². The van der Waals surface area contributed by atoms with Crippen LogP contribution < -0.4 is 0 Å². The molecule has 0 unspecified atom stereocenters. The van der Waals surface area contributed by atoms with Crippen LogP contribution in [0.3, 0.4) is 0 Å². The fourth-order valence-corrected chi connectivity index (χ4v) is 4.72. The second-order valence-corrected chi connectivity index (χ2v) is 7.47. The number of pyridine rings is 1. The summed E-state index contributed by atoms with van der Waals surface area (Å²) in [7, 11) is 2.30. The largest absolute Gasteiger partial charge is 0.320 e. The summed E-state index contributed by atoms with van der Waals surface area (Å²) >= 11 is 0. The van der Waals surface area contributed by atoms with Gasteiger partial charge < -0.3 is 4.57 Å². The van der Waals surface area contributed by atoms with Crippen LogP contribution in [0.5, 0.6) is 0 Å². The minimum Gasteiger partial charge on any atom is -0.320 e. The molecule has 3 nitrogen and oxygen atoms in total. The minimum atomic E-state index is 0.575. The Hall–Kier alpha value is -2.39. The normalized spacial score (nSPS) is 22.8. The standard InChI is InChI=1S/C22H23N3/c1-15-5-7-19-18(12-15)22-20-8-6-17(24(20)2)13-21(22)25(19)11-9-16-4-3-10-23-14-16/h3-5,7,9-12,14,17,20H,6,8,13H2,1-2H3/b11-9+/t17-,20+/m0/s1. The molecular formula is C22H23N3. The van der Waals surface area contributed by atoms with Crippen molar-refractivity contribution in [3.8, 4) is 0 Å². The van der Waals surface area contributed by atoms with Crippen LogP contribution in [0.4, 0.5) is 0 Å². The van der Waals surface area contributed by atoms with Gasteiger partial charge in [0, 0.05) is 48.2 Å². The molecule has 5 rings (SSSR count). The Morgan fingerprint density at radius 1 is 1.20 bits per heavy atom. The molecule has 2 aliphatic rings. The second-order valence-electron chi connectivity index (χ2n) is 7.47. The topological polar surface area (TPSA) is 21.1 Å². The van der Waals surface area contributed by atoms with E-state index in [0.717, 1.165) is 12.0 Å². The van der Waals surface area contributed by atoms with E-state index in [2.05, 4.69) is 65.0 Å². The van der Waals surface area contributed by atoms with Crippen molar-refractivity contribution in [1.82, 2.24) is 14.5 Å². The molecule has 0 spiro atoms. The molecule has 4 heterocycles. The summed E-state index contributed by atoms with van der Waals surface area (Å²) in [6.45, 7) is 2.19. The van der Waals surface area contributed by atoms with Gasteiger partial charge in [-0.1, -0.05) is 17.7 Å². The lowest BCUT2D eigenvalue weighted by atomic mass is 9.97. The van der Waals surface area contributed by atoms with Crippen molar-refractivity contribution in [1.29, 1.82) is 0 Å². The van der Waals surface area contributed by atoms with Gasteiger partial charge in [-0.2, -0.15) is 0 Å². The lowest BCUT2D eigenvalue weighted by Gasteiger charge is -2.32. The Balaban J connectivity index is 1.72. The van der Waals surface area contributed by atoms with Gasteiger partial charge in [-0.25, -0.2) is 0 Å². The Bertz CT molecular complexity index is 968. The second kappa shape index (κ2) is 5.57. The van der Waals surface area contributed by atoms with Gasteiger partial charge in [-0.15, -0.1) is 0 Å². The average molecular weight is 329 g/mol. The van der Waals surface area contributed by atoms with Gasteiger partial charge in [-0.05, 0) is 62.2 Å². The van der Waals surface area contributed by atoms with Crippen LogP contribution in [-0.2, 0) is 6.42 Å². The van der Waals surface area contributed by atoms with Crippen molar-refractivity contribution in [2.24, 2.45) is 0 Å². The average Bonchev–Trinajstić information content (AvgIpc) is 3.04. The van der Waals surface area contributed by atoms with Crippen molar-refractivity contribution in [3.05, 3.63) is 65.1 Å². The molecule has 3 heteroatoms. The van der Waals surface area contributed by atoms with Gasteiger partial charge in [0.05, 0.1) is 5.52 Å². The molecule has 1 saturated heterocycles. The summed E-state index contributed by atoms with van der Waals surface area (Å²) in [6.07, 6.45) is 11.9. The number of fused-ring (bicyclic) bond motifs is 6. The van der Waals surface area contributed by atoms with E-state index < -0.39 is 0 Å². The molecule has 2 aliphatic heterocycles. The zero-order valence-electron chi connectivity index (χ0n) is 14.8. The van der Waals surface area contributed by atoms with Crippen molar-refractivity contribution in [2.45, 2.75) is 38.3 Å². The maximum Gasteiger partial charge on any atom is 0.0529 e. The van der Waals surface area contributed by atoms with E-state index in [9.17, 15) is 0 Å². The molecule has 0 amide bonds. The first-order valence-corrected chi connectivity index (χ1v) is 9.16. The van der Waals surface area contributed by atoms with Crippen LogP contribution >= 0.6 is 0 Å². The molecule has 2 atom stereocenters. The highest BCUT2D eigenvalue weighted by Crippen LogP contribution is 2.47. The number of hydrogen-bond acceptors (Lipinski definition) is 2. The van der Waals surface area contributed by atoms with E-state index >= 15 is 0 Å². The predicted octanol–water partition coefficient (Wildman–Crippen LogP) is 4.66. The highest BCUT2D eigenvalue weighted by atomic mass is 15.2. The molecule has 126 valence electrons. The summed E-state index contributed by atoms with van der Waals surface area (Å²) in [5.74, 6) is 0. The molecule has 25 heavy (non-hydrogen) atoms. The molecule has 0 aliphatic carbocycles. The fourth-order valence-electron chi connectivity index (χ4n) is 4.72. The number of aromatic nitrogens is 2. The summed E-state index contributed by atoms with van der Waals surface area (Å²) in [6, 6.07) is 12.2. The van der Waals surface area contributed by atoms with E-state index in [0.29, 0.717) is 12.1 Å². The van der Waals surface area contributed by atoms with Gasteiger partial charge in [0.1, 0.15) is 0 Å². The highest BCUT2D eigenvalue weighted by Gasteiger charge is 2.40. The summed E-state index contributed by atoms with van der Waals surface area (Å²) in [4.78, 5) is 6.82. The Morgan fingerprint density at radius 3 is 2.96 bits per heavy atom. The monoisotopic (exact) mass is 329 g/mol. The van der Waals surface area contributed by atoms with E-state index in [1.54, 1.807) is 5.56 Å². The van der Waals surface area contributed by atoms with Crippen molar-refractivity contribution in [2.75, 3.05) is 7.05 Å². The summed E-state index contributed by atoms with van der Waals surface area (Å²) in [5.41, 5.74) is 6.88. The number of aryl methyl sites for hydroxylation is 1. The molecule has 0 saturated carbocycles. The smallest absolute Gasteiger partial charge is 0.0529 e. The van der Waals surface area contributed by atoms with E-state index in [1.165, 1.54) is 35.0 Å². The van der Waals surface area contributed by atoms with E-state index in [1.807, 2.05) is 18.5 Å². The van der Waals surface area contributed by atoms with Gasteiger partial charge in [0.15, 0.2) is 0 Å². The third kappa shape index (κ3) is 2.26. The number of likely N-dealkylation sites (N-methyl/N-ethyl adjacent to an activating group) is 1. The van der Waals surface area contributed by atoms with E-state index in [-0.39, 0.29) is 0 Å². The van der Waals surface area contributed by atoms with Crippen molar-refractivity contribution >= 4 is 23.2 Å². The van der Waals surface area contributed by atoms with Crippen molar-refractivity contribution in [3.63, 3.8) is 0 Å². The molecule has 0 N–H and O–H groups in total. The number of nitrogens with zero attached hydrogens (tertiary/aromatic N) is 3. The molecule has 2 aromatic heterocycles. The van der Waals surface area contributed by atoms with Crippen LogP contribution in [-0.4, -0.2) is 27.5 Å². The first kappa shape index (κ1) is 14.9. The highest BCUT2D eigenvalue weighted by molar-refractivity contribution is 5.90. The Kier molecular flexibility index (Phi) is 3.32. The number of rotatable bonds is 2. The van der Waals surface area contributed by atoms with Gasteiger partial charge in [0.25, 0.3) is 0 Å². The van der Waals surface area contributed by atoms with Gasteiger partial charge >= 0.3 is 0 Å². The van der Waals surface area contributed by atoms with Crippen LogP contribution in [0.2, 0.25) is 0 Å². The Morgan fingerprint density at radius 2 is 2.12 bits per heavy atom. The third-order valence-corrected chi connectivity index (χ3v) is 6.01. The maximum atomic E-state index is 4.22. The van der Waals surface area contributed by atoms with E-state index in [4.69, 9.17) is 0 Å². The molecule has 2 bridgehead atoms. The quantitative estimate of drug-likeness (QED) is 0.681. The Labute approximate surface area is 148 Å². The first-order chi connectivity index (χ1) is 12.2. The molecular weight excluding hydrogens is 306 g/mol. The number of hydrogen-bond donors (Lipinski definition) is 0. The molecule has 1 fully saturated rings. The third-order valence-electron chi connectivity index (χ3n) is 6.01. The van der Waals surface area contributed by atoms with Crippen molar-refractivity contribution < 1.29 is 0 Å². The van der Waals surface area contributed by atoms with Crippen LogP contribution in [0, 0.1) is 6.92 Å². The van der Waals surface area contributed by atoms with Crippen LogP contribution in [0.25, 0.3) is 23.2 Å². The number of benzene rings is 1. The zero-order chi connectivity index (χ0) is 17.0. The molecule has 3 aromatic rings. The summed E-state index contributed by atoms with van der Waals surface area (Å²) in [5, 5.41) is 1.43. The van der Waals surface area contributed by atoms with Gasteiger partial charge in [-0.3, -0.25) is 9.88 Å².